The number of benzene rings is 1. The Morgan fingerprint density at radius 1 is 1.20 bits per heavy atom. The fraction of sp³-hybridized carbons (Fsp3) is 0.417. The van der Waals surface area contributed by atoms with Crippen molar-refractivity contribution in [3.05, 3.63) is 24.3 Å². The largest absolute Gasteiger partial charge is 0.490 e. The molecule has 0 aliphatic rings. The van der Waals surface area contributed by atoms with Crippen LogP contribution in [-0.4, -0.2) is 13.1 Å². The maximum absolute atomic E-state index is 10.2. The fourth-order valence-electron chi connectivity index (χ4n) is 1.25. The third-order valence-corrected chi connectivity index (χ3v) is 2.03. The quantitative estimate of drug-likeness (QED) is 0.510. The van der Waals surface area contributed by atoms with Gasteiger partial charge in [-0.1, -0.05) is 31.9 Å². The van der Waals surface area contributed by atoms with Crippen molar-refractivity contribution in [2.24, 2.45) is 0 Å². The normalized spacial score (nSPS) is 9.67. The van der Waals surface area contributed by atoms with E-state index in [2.05, 4.69) is 6.92 Å². The Labute approximate surface area is 90.0 Å². The van der Waals surface area contributed by atoms with Crippen LogP contribution >= 0.6 is 0 Å². The van der Waals surface area contributed by atoms with Crippen molar-refractivity contribution in [2.75, 3.05) is 6.61 Å². The molecule has 0 unspecified atom stereocenters. The zero-order valence-electron chi connectivity index (χ0n) is 8.94. The van der Waals surface area contributed by atoms with Gasteiger partial charge >= 0.3 is 0 Å². The predicted molar refractivity (Wildman–Crippen MR) is 58.2 cm³/mol. The Morgan fingerprint density at radius 3 is 2.60 bits per heavy atom. The van der Waals surface area contributed by atoms with Crippen LogP contribution in [0.1, 0.15) is 26.2 Å². The fourth-order valence-corrected chi connectivity index (χ4v) is 1.25. The van der Waals surface area contributed by atoms with Crippen molar-refractivity contribution in [1.29, 1.82) is 0 Å². The predicted octanol–water partition coefficient (Wildman–Crippen LogP) is 2.79. The lowest BCUT2D eigenvalue weighted by molar-refractivity contribution is -0.120. The SMILES string of the molecule is CCCCCOc1ccccc1OC=O. The van der Waals surface area contributed by atoms with E-state index < -0.39 is 0 Å². The molecule has 1 aromatic rings. The van der Waals surface area contributed by atoms with Gasteiger partial charge in [-0.25, -0.2) is 0 Å². The summed E-state index contributed by atoms with van der Waals surface area (Å²) in [4.78, 5) is 10.2. The highest BCUT2D eigenvalue weighted by Crippen LogP contribution is 2.25. The van der Waals surface area contributed by atoms with Gasteiger partial charge in [-0.3, -0.25) is 4.79 Å². The summed E-state index contributed by atoms with van der Waals surface area (Å²) in [6, 6.07) is 7.17. The number of carbonyl (C=O) groups is 1. The van der Waals surface area contributed by atoms with Gasteiger partial charge in [0.25, 0.3) is 6.47 Å². The molecule has 1 rings (SSSR count). The van der Waals surface area contributed by atoms with Crippen LogP contribution in [0.15, 0.2) is 24.3 Å². The highest BCUT2D eigenvalue weighted by atomic mass is 16.5. The molecule has 0 saturated heterocycles. The third kappa shape index (κ3) is 4.02. The molecule has 0 aromatic heterocycles. The highest BCUT2D eigenvalue weighted by Gasteiger charge is 2.02. The Kier molecular flexibility index (Phi) is 5.30. The van der Waals surface area contributed by atoms with Gasteiger partial charge in [-0.15, -0.1) is 0 Å². The van der Waals surface area contributed by atoms with E-state index in [1.54, 1.807) is 18.2 Å². The lowest BCUT2D eigenvalue weighted by atomic mass is 10.2. The minimum Gasteiger partial charge on any atom is -0.490 e. The Bertz CT molecular complexity index is 297. The van der Waals surface area contributed by atoms with Crippen molar-refractivity contribution < 1.29 is 14.3 Å². The maximum atomic E-state index is 10.2. The van der Waals surface area contributed by atoms with Crippen LogP contribution in [0.5, 0.6) is 11.5 Å². The average molecular weight is 208 g/mol. The number of hydrogen-bond acceptors (Lipinski definition) is 3. The third-order valence-electron chi connectivity index (χ3n) is 2.03. The van der Waals surface area contributed by atoms with Gasteiger partial charge < -0.3 is 9.47 Å². The van der Waals surface area contributed by atoms with Crippen molar-refractivity contribution in [2.45, 2.75) is 26.2 Å². The Hall–Kier alpha value is -1.51. The van der Waals surface area contributed by atoms with E-state index in [1.807, 2.05) is 6.07 Å². The molecule has 0 N–H and O–H groups in total. The minimum atomic E-state index is 0.411. The van der Waals surface area contributed by atoms with Crippen molar-refractivity contribution in [3.8, 4) is 11.5 Å². The molecule has 0 bridgehead atoms. The minimum absolute atomic E-state index is 0.411. The second-order valence-corrected chi connectivity index (χ2v) is 3.22. The lowest BCUT2D eigenvalue weighted by Gasteiger charge is -2.08. The highest BCUT2D eigenvalue weighted by molar-refractivity contribution is 5.50. The zero-order valence-corrected chi connectivity index (χ0v) is 8.94. The second-order valence-electron chi connectivity index (χ2n) is 3.22. The van der Waals surface area contributed by atoms with Crippen molar-refractivity contribution in [1.82, 2.24) is 0 Å². The van der Waals surface area contributed by atoms with E-state index in [4.69, 9.17) is 9.47 Å². The molecule has 0 spiro atoms. The summed E-state index contributed by atoms with van der Waals surface area (Å²) in [7, 11) is 0. The van der Waals surface area contributed by atoms with Gasteiger partial charge in [-0.2, -0.15) is 0 Å². The molecule has 0 saturated carbocycles. The van der Waals surface area contributed by atoms with E-state index in [1.165, 1.54) is 0 Å². The van der Waals surface area contributed by atoms with E-state index in [-0.39, 0.29) is 0 Å². The smallest absolute Gasteiger partial charge is 0.298 e. The maximum Gasteiger partial charge on any atom is 0.298 e. The standard InChI is InChI=1S/C12H16O3/c1-2-3-6-9-14-11-7-4-5-8-12(11)15-10-13/h4-5,7-8,10H,2-3,6,9H2,1H3. The van der Waals surface area contributed by atoms with Gasteiger partial charge in [0.2, 0.25) is 0 Å². The van der Waals surface area contributed by atoms with Gasteiger partial charge in [0.15, 0.2) is 11.5 Å². The number of hydrogen-bond donors (Lipinski definition) is 0. The molecule has 82 valence electrons. The average Bonchev–Trinajstić information content (AvgIpc) is 2.27. The lowest BCUT2D eigenvalue weighted by Crippen LogP contribution is -1.99. The molecule has 0 aliphatic heterocycles. The molecular formula is C12H16O3. The van der Waals surface area contributed by atoms with Crippen molar-refractivity contribution in [3.63, 3.8) is 0 Å². The summed E-state index contributed by atoms with van der Waals surface area (Å²) >= 11 is 0. The molecule has 15 heavy (non-hydrogen) atoms. The number of unbranched alkanes of at least 4 members (excludes halogenated alkanes) is 2. The van der Waals surface area contributed by atoms with Crippen LogP contribution in [0.3, 0.4) is 0 Å². The van der Waals surface area contributed by atoms with Crippen LogP contribution in [0.4, 0.5) is 0 Å². The Balaban J connectivity index is 2.47. The van der Waals surface area contributed by atoms with Crippen LogP contribution in [0, 0.1) is 0 Å². The number of ether oxygens (including phenoxy) is 2. The molecule has 0 fully saturated rings. The number of rotatable bonds is 7. The molecule has 0 atom stereocenters. The summed E-state index contributed by atoms with van der Waals surface area (Å²) in [6.45, 7) is 3.21. The molecular weight excluding hydrogens is 192 g/mol. The van der Waals surface area contributed by atoms with E-state index >= 15 is 0 Å². The van der Waals surface area contributed by atoms with Crippen LogP contribution in [0.2, 0.25) is 0 Å². The summed E-state index contributed by atoms with van der Waals surface area (Å²) in [5, 5.41) is 0. The van der Waals surface area contributed by atoms with E-state index in [0.29, 0.717) is 24.6 Å². The summed E-state index contributed by atoms with van der Waals surface area (Å²) in [6.07, 6.45) is 3.33. The first-order valence-corrected chi connectivity index (χ1v) is 5.20. The molecule has 3 nitrogen and oxygen atoms in total. The number of carbonyl (C=O) groups excluding carboxylic acids is 1. The molecule has 0 aliphatic carbocycles. The summed E-state index contributed by atoms with van der Waals surface area (Å²) in [5.41, 5.74) is 0. The molecule has 1 aromatic carbocycles. The summed E-state index contributed by atoms with van der Waals surface area (Å²) < 4.78 is 10.3. The van der Waals surface area contributed by atoms with Crippen molar-refractivity contribution >= 4 is 6.47 Å². The van der Waals surface area contributed by atoms with Gasteiger partial charge in [0.1, 0.15) is 0 Å². The first-order valence-electron chi connectivity index (χ1n) is 5.20. The van der Waals surface area contributed by atoms with Gasteiger partial charge in [0, 0.05) is 0 Å². The molecule has 0 radical (unpaired) electrons. The van der Waals surface area contributed by atoms with Gasteiger partial charge in [0.05, 0.1) is 6.61 Å². The summed E-state index contributed by atoms with van der Waals surface area (Å²) in [5.74, 6) is 1.10. The van der Waals surface area contributed by atoms with E-state index in [0.717, 1.165) is 19.3 Å². The van der Waals surface area contributed by atoms with Crippen LogP contribution in [0.25, 0.3) is 0 Å². The monoisotopic (exact) mass is 208 g/mol. The molecule has 3 heteroatoms. The van der Waals surface area contributed by atoms with Crippen LogP contribution in [-0.2, 0) is 4.79 Å². The second kappa shape index (κ2) is 6.87. The first-order chi connectivity index (χ1) is 7.38. The van der Waals surface area contributed by atoms with Crippen LogP contribution < -0.4 is 9.47 Å². The number of para-hydroxylation sites is 2. The zero-order chi connectivity index (χ0) is 10.9. The topological polar surface area (TPSA) is 35.5 Å². The Morgan fingerprint density at radius 2 is 1.93 bits per heavy atom. The van der Waals surface area contributed by atoms with Gasteiger partial charge in [-0.05, 0) is 18.6 Å². The first kappa shape index (κ1) is 11.6. The van der Waals surface area contributed by atoms with E-state index in [9.17, 15) is 4.79 Å². The molecule has 0 heterocycles. The molecule has 0 amide bonds.